The molecule has 0 saturated heterocycles. The molecule has 1 amide bonds. The van der Waals surface area contributed by atoms with Gasteiger partial charge in [-0.3, -0.25) is 0 Å². The van der Waals surface area contributed by atoms with Crippen LogP contribution < -0.4 is 10.6 Å². The average molecular weight is 380 g/mol. The first-order valence-corrected chi connectivity index (χ1v) is 8.90. The third kappa shape index (κ3) is 3.11. The second-order valence-corrected chi connectivity index (χ2v) is 6.21. The minimum absolute atomic E-state index is 0.332. The summed E-state index contributed by atoms with van der Waals surface area (Å²) in [5.74, 6) is 1.09. The van der Waals surface area contributed by atoms with E-state index in [-0.39, 0.29) is 0 Å². The van der Waals surface area contributed by atoms with E-state index in [1.165, 1.54) is 0 Å². The lowest BCUT2D eigenvalue weighted by atomic mass is 10.1. The van der Waals surface area contributed by atoms with E-state index < -0.39 is 6.09 Å². The summed E-state index contributed by atoms with van der Waals surface area (Å²) in [4.78, 5) is 25.0. The predicted octanol–water partition coefficient (Wildman–Crippen LogP) is 3.06. The van der Waals surface area contributed by atoms with Gasteiger partial charge in [-0.25, -0.2) is 14.8 Å². The maximum Gasteiger partial charge on any atom is 0.407 e. The Hall–Kier alpha value is -3.62. The minimum Gasteiger partial charge on any atom is -0.450 e. The number of aryl methyl sites for hydroxylation is 1. The first kappa shape index (κ1) is 17.8. The van der Waals surface area contributed by atoms with Crippen LogP contribution in [0.3, 0.4) is 0 Å². The third-order valence-electron chi connectivity index (χ3n) is 4.33. The van der Waals surface area contributed by atoms with E-state index in [9.17, 15) is 4.79 Å². The van der Waals surface area contributed by atoms with Crippen molar-refractivity contribution >= 4 is 34.2 Å². The maximum absolute atomic E-state index is 11.5. The van der Waals surface area contributed by atoms with Gasteiger partial charge in [0.15, 0.2) is 11.3 Å². The molecule has 2 N–H and O–H groups in total. The number of nitrogens with one attached hydrogen (secondary N) is 2. The van der Waals surface area contributed by atoms with Gasteiger partial charge in [0.25, 0.3) is 5.71 Å². The largest absolute Gasteiger partial charge is 0.450 e. The van der Waals surface area contributed by atoms with Gasteiger partial charge in [-0.1, -0.05) is 12.1 Å². The van der Waals surface area contributed by atoms with E-state index in [1.807, 2.05) is 35.9 Å². The summed E-state index contributed by atoms with van der Waals surface area (Å²) >= 11 is 0. The van der Waals surface area contributed by atoms with Gasteiger partial charge in [-0.15, -0.1) is 0 Å². The molecule has 3 heterocycles. The Balaban J connectivity index is 1.72. The molecule has 0 aliphatic heterocycles. The number of oxazole rings is 1. The summed E-state index contributed by atoms with van der Waals surface area (Å²) < 4.78 is 12.7. The van der Waals surface area contributed by atoms with Crippen molar-refractivity contribution in [3.05, 3.63) is 36.2 Å². The minimum atomic E-state index is -0.447. The smallest absolute Gasteiger partial charge is 0.407 e. The molecule has 0 aliphatic carbocycles. The van der Waals surface area contributed by atoms with Crippen molar-refractivity contribution in [2.75, 3.05) is 19.0 Å². The van der Waals surface area contributed by atoms with Crippen LogP contribution in [0.1, 0.15) is 12.5 Å². The lowest BCUT2D eigenvalue weighted by Gasteiger charge is -2.06. The Kier molecular flexibility index (Phi) is 4.56. The van der Waals surface area contributed by atoms with Gasteiger partial charge in [0.1, 0.15) is 11.0 Å². The second kappa shape index (κ2) is 7.18. The van der Waals surface area contributed by atoms with Crippen molar-refractivity contribution in [3.63, 3.8) is 0 Å². The zero-order chi connectivity index (χ0) is 19.7. The number of rotatable bonds is 5. The lowest BCUT2D eigenvalue weighted by molar-refractivity contribution is 0.151. The number of hydrogen-bond acceptors (Lipinski definition) is 7. The van der Waals surface area contributed by atoms with Gasteiger partial charge >= 0.3 is 6.09 Å². The van der Waals surface area contributed by atoms with Crippen molar-refractivity contribution in [2.24, 2.45) is 7.05 Å². The number of anilines is 1. The van der Waals surface area contributed by atoms with Crippen molar-refractivity contribution in [1.29, 1.82) is 0 Å². The van der Waals surface area contributed by atoms with E-state index in [0.717, 1.165) is 22.2 Å². The Labute approximate surface area is 160 Å². The average Bonchev–Trinajstić information content (AvgIpc) is 3.30. The molecule has 9 nitrogen and oxygen atoms in total. The predicted molar refractivity (Wildman–Crippen MR) is 105 cm³/mol. The Morgan fingerprint density at radius 2 is 2.14 bits per heavy atom. The van der Waals surface area contributed by atoms with E-state index >= 15 is 0 Å². The van der Waals surface area contributed by atoms with Crippen LogP contribution in [0.5, 0.6) is 0 Å². The number of imidazole rings is 1. The number of amides is 1. The number of hydrogen-bond donors (Lipinski definition) is 2. The van der Waals surface area contributed by atoms with E-state index in [0.29, 0.717) is 36.1 Å². The van der Waals surface area contributed by atoms with Crippen LogP contribution in [-0.4, -0.2) is 39.3 Å². The molecule has 0 aliphatic rings. The molecule has 0 atom stereocenters. The SMILES string of the molecule is CCOC(=O)NCc1cccc(-c2nc3c(nc(NC)c4ncn(C)c43)o2)c1. The van der Waals surface area contributed by atoms with Crippen LogP contribution in [0.2, 0.25) is 0 Å². The monoisotopic (exact) mass is 380 g/mol. The second-order valence-electron chi connectivity index (χ2n) is 6.21. The number of alkyl carbamates (subject to hydrolysis) is 1. The Morgan fingerprint density at radius 3 is 2.93 bits per heavy atom. The lowest BCUT2D eigenvalue weighted by Crippen LogP contribution is -2.23. The zero-order valence-corrected chi connectivity index (χ0v) is 15.8. The number of aromatic nitrogens is 4. The Bertz CT molecular complexity index is 1160. The summed E-state index contributed by atoms with van der Waals surface area (Å²) in [6, 6.07) is 7.61. The molecule has 0 spiro atoms. The fraction of sp³-hybridized carbons (Fsp3) is 0.263. The molecule has 0 bridgehead atoms. The highest BCUT2D eigenvalue weighted by Crippen LogP contribution is 2.31. The van der Waals surface area contributed by atoms with Crippen LogP contribution >= 0.6 is 0 Å². The van der Waals surface area contributed by atoms with Crippen molar-refractivity contribution in [2.45, 2.75) is 13.5 Å². The summed E-state index contributed by atoms with van der Waals surface area (Å²) in [7, 11) is 3.70. The fourth-order valence-corrected chi connectivity index (χ4v) is 3.05. The summed E-state index contributed by atoms with van der Waals surface area (Å²) in [6.07, 6.45) is 1.28. The number of benzene rings is 1. The topological polar surface area (TPSA) is 107 Å². The van der Waals surface area contributed by atoms with Crippen LogP contribution in [-0.2, 0) is 18.3 Å². The van der Waals surface area contributed by atoms with Gasteiger partial charge in [0, 0.05) is 26.2 Å². The first-order chi connectivity index (χ1) is 13.6. The van der Waals surface area contributed by atoms with Gasteiger partial charge in [0.2, 0.25) is 5.89 Å². The molecule has 9 heteroatoms. The van der Waals surface area contributed by atoms with Gasteiger partial charge < -0.3 is 24.4 Å². The normalized spacial score (nSPS) is 11.1. The van der Waals surface area contributed by atoms with Crippen LogP contribution in [0.15, 0.2) is 35.0 Å². The van der Waals surface area contributed by atoms with Crippen molar-refractivity contribution in [3.8, 4) is 11.5 Å². The molecule has 4 aromatic rings. The number of carbonyl (C=O) groups is 1. The molecule has 28 heavy (non-hydrogen) atoms. The van der Waals surface area contributed by atoms with Gasteiger partial charge in [-0.2, -0.15) is 4.98 Å². The highest BCUT2D eigenvalue weighted by atomic mass is 16.5. The molecular formula is C19H20N6O3. The quantitative estimate of drug-likeness (QED) is 0.548. The summed E-state index contributed by atoms with van der Waals surface area (Å²) in [6.45, 7) is 2.44. The molecule has 0 unspecified atom stereocenters. The number of nitrogens with zero attached hydrogens (tertiary/aromatic N) is 4. The number of ether oxygens (including phenoxy) is 1. The van der Waals surface area contributed by atoms with E-state index in [1.54, 1.807) is 20.3 Å². The molecule has 144 valence electrons. The highest BCUT2D eigenvalue weighted by molar-refractivity contribution is 6.03. The number of pyridine rings is 1. The van der Waals surface area contributed by atoms with Crippen LogP contribution in [0.25, 0.3) is 33.7 Å². The third-order valence-corrected chi connectivity index (χ3v) is 4.33. The number of carbonyl (C=O) groups excluding carboxylic acids is 1. The standard InChI is InChI=1S/C19H20N6O3/c1-4-27-19(26)21-9-11-6-5-7-12(8-11)17-23-14-15-13(22-10-25(15)3)16(20-2)24-18(14)28-17/h5-8,10H,4,9H2,1-3H3,(H,20,24)(H,21,26). The molecular weight excluding hydrogens is 360 g/mol. The molecule has 0 radical (unpaired) electrons. The summed E-state index contributed by atoms with van der Waals surface area (Å²) in [5.41, 5.74) is 4.38. The first-order valence-electron chi connectivity index (χ1n) is 8.90. The van der Waals surface area contributed by atoms with E-state index in [2.05, 4.69) is 25.6 Å². The van der Waals surface area contributed by atoms with Crippen LogP contribution in [0.4, 0.5) is 10.6 Å². The molecule has 1 aromatic carbocycles. The Morgan fingerprint density at radius 1 is 1.29 bits per heavy atom. The van der Waals surface area contributed by atoms with Crippen molar-refractivity contribution < 1.29 is 13.9 Å². The van der Waals surface area contributed by atoms with E-state index in [4.69, 9.17) is 9.15 Å². The van der Waals surface area contributed by atoms with Crippen LogP contribution in [0, 0.1) is 0 Å². The summed E-state index contributed by atoms with van der Waals surface area (Å²) in [5, 5.41) is 5.75. The van der Waals surface area contributed by atoms with Gasteiger partial charge in [0.05, 0.1) is 12.9 Å². The molecule has 0 fully saturated rings. The molecule has 3 aromatic heterocycles. The maximum atomic E-state index is 11.5. The zero-order valence-electron chi connectivity index (χ0n) is 15.8. The number of fused-ring (bicyclic) bond motifs is 3. The molecule has 0 saturated carbocycles. The highest BCUT2D eigenvalue weighted by Gasteiger charge is 2.18. The fourth-order valence-electron chi connectivity index (χ4n) is 3.05. The van der Waals surface area contributed by atoms with Crippen molar-refractivity contribution in [1.82, 2.24) is 24.8 Å². The molecule has 4 rings (SSSR count). The van der Waals surface area contributed by atoms with Gasteiger partial charge in [-0.05, 0) is 24.6 Å².